The molecule has 0 aromatic heterocycles. The van der Waals surface area contributed by atoms with E-state index >= 15 is 0 Å². The van der Waals surface area contributed by atoms with E-state index in [0.717, 1.165) is 4.90 Å². The predicted molar refractivity (Wildman–Crippen MR) is 90.1 cm³/mol. The molecule has 2 atom stereocenters. The molecule has 2 heterocycles. The van der Waals surface area contributed by atoms with Crippen molar-refractivity contribution in [1.82, 2.24) is 4.90 Å². The van der Waals surface area contributed by atoms with Crippen LogP contribution in [0.4, 0.5) is 0 Å². The molecule has 4 nitrogen and oxygen atoms in total. The minimum absolute atomic E-state index is 0.00315. The molecule has 0 amide bonds. The van der Waals surface area contributed by atoms with Crippen LogP contribution in [0.2, 0.25) is 0 Å². The zero-order valence-corrected chi connectivity index (χ0v) is 12.9. The molecule has 1 fully saturated rings. The van der Waals surface area contributed by atoms with Gasteiger partial charge < -0.3 is 9.47 Å². The summed E-state index contributed by atoms with van der Waals surface area (Å²) in [5.41, 5.74) is 0.465. The fourth-order valence-corrected chi connectivity index (χ4v) is 3.00. The molecule has 1 aromatic carbocycles. The van der Waals surface area contributed by atoms with Gasteiger partial charge in [0.25, 0.3) is 0 Å². The van der Waals surface area contributed by atoms with Crippen LogP contribution in [-0.4, -0.2) is 37.9 Å². The van der Waals surface area contributed by atoms with E-state index in [0.29, 0.717) is 5.56 Å². The Kier molecular flexibility index (Phi) is 1.91. The van der Waals surface area contributed by atoms with E-state index < -0.39 is 56.6 Å². The van der Waals surface area contributed by atoms with Gasteiger partial charge in [0.15, 0.2) is 11.5 Å². The summed E-state index contributed by atoms with van der Waals surface area (Å²) < 4.78 is 116. The number of fused-ring (bicyclic) bond motifs is 3. The summed E-state index contributed by atoms with van der Waals surface area (Å²) in [5, 5.41) is 0. The topological polar surface area (TPSA) is 38.8 Å². The highest BCUT2D eigenvalue weighted by Crippen LogP contribution is 2.42. The van der Waals surface area contributed by atoms with Gasteiger partial charge >= 0.3 is 0 Å². The van der Waals surface area contributed by atoms with Crippen molar-refractivity contribution in [3.8, 4) is 11.5 Å². The maximum absolute atomic E-state index is 13.4. The third-order valence-electron chi connectivity index (χ3n) is 4.06. The monoisotopic (exact) mass is 330 g/mol. The number of nitrogens with zero attached hydrogens (tertiary/aromatic N) is 1. The van der Waals surface area contributed by atoms with E-state index in [2.05, 4.69) is 0 Å². The van der Waals surface area contributed by atoms with Crippen LogP contribution < -0.4 is 9.47 Å². The second-order valence-electron chi connectivity index (χ2n) is 5.42. The second-order valence-corrected chi connectivity index (χ2v) is 5.42. The zero-order valence-electron chi connectivity index (χ0n) is 25.9. The fourth-order valence-electron chi connectivity index (χ4n) is 3.00. The van der Waals surface area contributed by atoms with Gasteiger partial charge in [0.05, 0.1) is 17.0 Å². The number of methoxy groups -OCH3 is 2. The van der Waals surface area contributed by atoms with Gasteiger partial charge in [0.2, 0.25) is 0 Å². The third kappa shape index (κ3) is 3.09. The first-order chi connectivity index (χ1) is 16.2. The average Bonchev–Trinajstić information content (AvgIpc) is 2.72. The van der Waals surface area contributed by atoms with Crippen molar-refractivity contribution >= 4 is 5.78 Å². The minimum Gasteiger partial charge on any atom is -0.493 e. The molecule has 2 unspecified atom stereocenters. The number of hydrogen-bond acceptors (Lipinski definition) is 4. The van der Waals surface area contributed by atoms with Crippen LogP contribution in [0.5, 0.6) is 11.5 Å². The Morgan fingerprint density at radius 3 is 2.91 bits per heavy atom. The van der Waals surface area contributed by atoms with Crippen molar-refractivity contribution in [2.45, 2.75) is 39.0 Å². The average molecular weight is 331 g/mol. The highest BCUT2D eigenvalue weighted by molar-refractivity contribution is 5.83. The Hall–Kier alpha value is -1.55. The highest BCUT2D eigenvalue weighted by Gasteiger charge is 2.38. The molecule has 0 N–H and O–H groups in total. The van der Waals surface area contributed by atoms with E-state index in [1.54, 1.807) is 0 Å². The molecule has 0 bridgehead atoms. The highest BCUT2D eigenvalue weighted by atomic mass is 16.5. The lowest BCUT2D eigenvalue weighted by atomic mass is 9.80. The van der Waals surface area contributed by atoms with Crippen LogP contribution in [0.3, 0.4) is 0 Å². The van der Waals surface area contributed by atoms with E-state index in [1.165, 1.54) is 14.2 Å². The fraction of sp³-hybridized carbons (Fsp3) is 0.632. The van der Waals surface area contributed by atoms with Crippen molar-refractivity contribution in [3.05, 3.63) is 23.2 Å². The largest absolute Gasteiger partial charge is 0.493 e. The second kappa shape index (κ2) is 6.52. The molecule has 0 radical (unpaired) electrons. The molecule has 4 heteroatoms. The number of hydrogen-bond donors (Lipinski definition) is 0. The first-order valence-electron chi connectivity index (χ1n) is 13.7. The lowest BCUT2D eigenvalue weighted by Gasteiger charge is -2.43. The van der Waals surface area contributed by atoms with Crippen LogP contribution in [0.15, 0.2) is 12.1 Å². The van der Waals surface area contributed by atoms with Crippen molar-refractivity contribution in [1.29, 1.82) is 0 Å². The van der Waals surface area contributed by atoms with Crippen molar-refractivity contribution in [2.24, 2.45) is 11.8 Å². The lowest BCUT2D eigenvalue weighted by molar-refractivity contribution is -0.129. The van der Waals surface area contributed by atoms with Gasteiger partial charge in [0.1, 0.15) is 5.78 Å². The van der Waals surface area contributed by atoms with Gasteiger partial charge in [-0.2, -0.15) is 0 Å². The van der Waals surface area contributed by atoms with Gasteiger partial charge in [-0.15, -0.1) is 0 Å². The van der Waals surface area contributed by atoms with Gasteiger partial charge in [-0.1, -0.05) is 13.7 Å². The Bertz CT molecular complexity index is 1050. The number of Topliss-reactive ketones (excluding diaryl/α,β-unsaturated/α-hetero) is 1. The Balaban J connectivity index is 2.21. The van der Waals surface area contributed by atoms with Crippen LogP contribution in [0.1, 0.15) is 61.5 Å². The molecule has 0 aliphatic carbocycles. The summed E-state index contributed by atoms with van der Waals surface area (Å²) >= 11 is 0. The van der Waals surface area contributed by atoms with Gasteiger partial charge in [-0.05, 0) is 41.9 Å². The summed E-state index contributed by atoms with van der Waals surface area (Å²) in [6.45, 7) is -10.5. The molecule has 23 heavy (non-hydrogen) atoms. The normalized spacial score (nSPS) is 37.0. The summed E-state index contributed by atoms with van der Waals surface area (Å²) in [6.07, 6.45) is -4.21. The van der Waals surface area contributed by atoms with Gasteiger partial charge in [0, 0.05) is 46.5 Å². The Labute approximate surface area is 157 Å². The smallest absolute Gasteiger partial charge is 0.161 e. The number of carbonyl (C=O) groups is 1. The van der Waals surface area contributed by atoms with E-state index in [9.17, 15) is 4.79 Å². The maximum atomic E-state index is 13.4. The summed E-state index contributed by atoms with van der Waals surface area (Å²) in [7, 11) is 2.56. The number of rotatable bonds is 4. The van der Waals surface area contributed by atoms with Crippen molar-refractivity contribution in [2.75, 3.05) is 27.3 Å². The van der Waals surface area contributed by atoms with Crippen molar-refractivity contribution < 1.29 is 32.1 Å². The maximum Gasteiger partial charge on any atom is 0.161 e. The van der Waals surface area contributed by atoms with Gasteiger partial charge in [-0.3, -0.25) is 9.69 Å². The zero-order chi connectivity index (χ0) is 27.8. The molecule has 0 saturated carbocycles. The third-order valence-corrected chi connectivity index (χ3v) is 4.06. The van der Waals surface area contributed by atoms with Crippen molar-refractivity contribution in [3.63, 3.8) is 0 Å². The van der Waals surface area contributed by atoms with Gasteiger partial charge in [-0.25, -0.2) is 0 Å². The molecule has 3 rings (SSSR count). The first kappa shape index (κ1) is 6.75. The SMILES string of the molecule is [2H]c1c2c(c([2H])c(OC)c1OC)C1CC(=O)C(C([2H])([2H])C([2H])(C([2H])([2H])[2H])C([2H])([2H])[2H])C([2H])([2H])N1CC2. The summed E-state index contributed by atoms with van der Waals surface area (Å²) in [4.78, 5) is 14.5. The number of carbonyl (C=O) groups excluding carboxylic acids is 1. The molecular formula is C19H27NO3. The van der Waals surface area contributed by atoms with E-state index in [1.807, 2.05) is 0 Å². The van der Waals surface area contributed by atoms with Crippen LogP contribution in [-0.2, 0) is 11.2 Å². The quantitative estimate of drug-likeness (QED) is 0.849. The molecular weight excluding hydrogens is 290 g/mol. The molecule has 1 saturated heterocycles. The molecule has 126 valence electrons. The standard InChI is InChI=1S/C19H27NO3/c1-12(2)7-14-11-20-6-5-13-8-18(22-3)19(23-4)9-15(13)16(20)10-17(14)21/h8-9,12,14,16H,5-7,10-11H2,1-4H3/i1D3,2D3,7D2,8D,9D,11D2,12D. The molecule has 2 aliphatic heterocycles. The molecule has 0 spiro atoms. The summed E-state index contributed by atoms with van der Waals surface area (Å²) in [6, 6.07) is -1.46. The summed E-state index contributed by atoms with van der Waals surface area (Å²) in [5.74, 6) is -7.45. The minimum atomic E-state index is -3.81. The van der Waals surface area contributed by atoms with Crippen LogP contribution in [0.25, 0.3) is 0 Å². The Morgan fingerprint density at radius 1 is 1.48 bits per heavy atom. The number of ether oxygens (including phenoxy) is 2. The number of benzene rings is 1. The van der Waals surface area contributed by atoms with E-state index in [-0.39, 0.29) is 42.1 Å². The predicted octanol–water partition coefficient (Wildman–Crippen LogP) is 3.24. The number of piperidine rings is 1. The first-order valence-corrected chi connectivity index (χ1v) is 7.25. The number of ketones is 1. The van der Waals surface area contributed by atoms with E-state index in [4.69, 9.17) is 27.3 Å². The lowest BCUT2D eigenvalue weighted by Crippen LogP contribution is -2.46. The van der Waals surface area contributed by atoms with Crippen LogP contribution >= 0.6 is 0 Å². The molecule has 1 aromatic rings. The Morgan fingerprint density at radius 2 is 2.22 bits per heavy atom. The van der Waals surface area contributed by atoms with Crippen LogP contribution in [0, 0.1) is 11.8 Å². The molecule has 2 aliphatic rings.